The minimum Gasteiger partial charge on any atom is -0.449 e. The van der Waals surface area contributed by atoms with Crippen molar-refractivity contribution in [1.82, 2.24) is 0 Å². The fourth-order valence-corrected chi connectivity index (χ4v) is 1.27. The van der Waals surface area contributed by atoms with Gasteiger partial charge in [-0.15, -0.1) is 0 Å². The zero-order chi connectivity index (χ0) is 12.7. The Hall–Kier alpha value is -2.04. The third-order valence-corrected chi connectivity index (χ3v) is 2.14. The summed E-state index contributed by atoms with van der Waals surface area (Å²) in [5, 5.41) is 0. The summed E-state index contributed by atoms with van der Waals surface area (Å²) in [5.41, 5.74) is 5.56. The van der Waals surface area contributed by atoms with E-state index in [1.165, 1.54) is 0 Å². The molecule has 0 aliphatic rings. The largest absolute Gasteiger partial charge is 0.449 e. The molecule has 5 heteroatoms. The summed E-state index contributed by atoms with van der Waals surface area (Å²) in [4.78, 5) is 23.7. The van der Waals surface area contributed by atoms with E-state index >= 15 is 0 Å². The van der Waals surface area contributed by atoms with Gasteiger partial charge in [0.1, 0.15) is 0 Å². The molecule has 0 bridgehead atoms. The Balaban J connectivity index is 2.73. The van der Waals surface area contributed by atoms with Gasteiger partial charge in [-0.25, -0.2) is 9.59 Å². The molecule has 0 aliphatic heterocycles. The minimum atomic E-state index is -0.849. The number of benzene rings is 1. The lowest BCUT2D eigenvalue weighted by Gasteiger charge is -2.17. The molecule has 3 amide bonds. The van der Waals surface area contributed by atoms with Crippen LogP contribution in [-0.2, 0) is 4.74 Å². The van der Waals surface area contributed by atoms with Gasteiger partial charge in [-0.3, -0.25) is 0 Å². The first-order valence-electron chi connectivity index (χ1n) is 5.48. The van der Waals surface area contributed by atoms with E-state index < -0.39 is 12.1 Å². The number of carbonyl (C=O) groups excluding carboxylic acids is 2. The lowest BCUT2D eigenvalue weighted by atomic mass is 10.3. The van der Waals surface area contributed by atoms with E-state index in [9.17, 15) is 9.59 Å². The van der Waals surface area contributed by atoms with Crippen LogP contribution < -0.4 is 10.6 Å². The highest BCUT2D eigenvalue weighted by molar-refractivity contribution is 6.10. The Bertz CT molecular complexity index is 379. The number of carbonyl (C=O) groups is 2. The fourth-order valence-electron chi connectivity index (χ4n) is 1.27. The standard InChI is InChI=1S/C12H16N2O3/c1-2-3-9-17-12(16)14(11(13)15)10-7-5-4-6-8-10/h4-8H,2-3,9H2,1H3,(H2,13,15). The van der Waals surface area contributed by atoms with Crippen molar-refractivity contribution in [2.24, 2.45) is 5.73 Å². The van der Waals surface area contributed by atoms with E-state index in [-0.39, 0.29) is 6.61 Å². The van der Waals surface area contributed by atoms with Gasteiger partial charge in [-0.2, -0.15) is 4.90 Å². The summed E-state index contributed by atoms with van der Waals surface area (Å²) >= 11 is 0. The van der Waals surface area contributed by atoms with Gasteiger partial charge < -0.3 is 10.5 Å². The Kier molecular flexibility index (Phi) is 5.00. The maximum Gasteiger partial charge on any atom is 0.422 e. The van der Waals surface area contributed by atoms with Crippen molar-refractivity contribution in [1.29, 1.82) is 0 Å². The second-order valence-electron chi connectivity index (χ2n) is 3.48. The van der Waals surface area contributed by atoms with Gasteiger partial charge in [0.15, 0.2) is 0 Å². The molecular formula is C12H16N2O3. The molecule has 0 aromatic heterocycles. The summed E-state index contributed by atoms with van der Waals surface area (Å²) < 4.78 is 4.95. The van der Waals surface area contributed by atoms with Gasteiger partial charge in [-0.1, -0.05) is 31.5 Å². The molecule has 0 spiro atoms. The van der Waals surface area contributed by atoms with Crippen molar-refractivity contribution in [3.05, 3.63) is 30.3 Å². The number of ether oxygens (including phenoxy) is 1. The van der Waals surface area contributed by atoms with Crippen molar-refractivity contribution in [3.63, 3.8) is 0 Å². The number of hydrogen-bond donors (Lipinski definition) is 1. The van der Waals surface area contributed by atoms with Crippen LogP contribution in [0.4, 0.5) is 15.3 Å². The number of hydrogen-bond acceptors (Lipinski definition) is 3. The predicted octanol–water partition coefficient (Wildman–Crippen LogP) is 2.51. The molecule has 0 heterocycles. The average Bonchev–Trinajstić information content (AvgIpc) is 2.30. The maximum absolute atomic E-state index is 11.7. The van der Waals surface area contributed by atoms with E-state index in [0.29, 0.717) is 5.69 Å². The molecule has 2 N–H and O–H groups in total. The van der Waals surface area contributed by atoms with Crippen LogP contribution in [0.2, 0.25) is 0 Å². The first-order chi connectivity index (χ1) is 8.16. The molecule has 0 radical (unpaired) electrons. The van der Waals surface area contributed by atoms with Gasteiger partial charge in [0, 0.05) is 0 Å². The average molecular weight is 236 g/mol. The van der Waals surface area contributed by atoms with Crippen LogP contribution in [0.5, 0.6) is 0 Å². The summed E-state index contributed by atoms with van der Waals surface area (Å²) in [7, 11) is 0. The van der Waals surface area contributed by atoms with Crippen LogP contribution in [0.15, 0.2) is 30.3 Å². The molecule has 0 saturated carbocycles. The zero-order valence-corrected chi connectivity index (χ0v) is 9.76. The summed E-state index contributed by atoms with van der Waals surface area (Å²) in [5.74, 6) is 0. The highest BCUT2D eigenvalue weighted by atomic mass is 16.6. The second kappa shape index (κ2) is 6.52. The predicted molar refractivity (Wildman–Crippen MR) is 64.8 cm³/mol. The van der Waals surface area contributed by atoms with E-state index in [1.807, 2.05) is 6.92 Å². The van der Waals surface area contributed by atoms with Gasteiger partial charge in [-0.05, 0) is 18.6 Å². The van der Waals surface area contributed by atoms with Crippen molar-refractivity contribution in [3.8, 4) is 0 Å². The number of nitrogens with two attached hydrogens (primary N) is 1. The fraction of sp³-hybridized carbons (Fsp3) is 0.333. The van der Waals surface area contributed by atoms with E-state index in [4.69, 9.17) is 10.5 Å². The highest BCUT2D eigenvalue weighted by Crippen LogP contribution is 2.14. The molecule has 0 fully saturated rings. The smallest absolute Gasteiger partial charge is 0.422 e. The van der Waals surface area contributed by atoms with Crippen molar-refractivity contribution < 1.29 is 14.3 Å². The molecule has 1 aromatic rings. The monoisotopic (exact) mass is 236 g/mol. The third kappa shape index (κ3) is 3.79. The topological polar surface area (TPSA) is 72.6 Å². The van der Waals surface area contributed by atoms with Gasteiger partial charge in [0.25, 0.3) is 0 Å². The van der Waals surface area contributed by atoms with E-state index in [0.717, 1.165) is 17.7 Å². The van der Waals surface area contributed by atoms with Crippen molar-refractivity contribution >= 4 is 17.8 Å². The van der Waals surface area contributed by atoms with Crippen LogP contribution in [0.1, 0.15) is 19.8 Å². The second-order valence-corrected chi connectivity index (χ2v) is 3.48. The van der Waals surface area contributed by atoms with Crippen LogP contribution in [0.3, 0.4) is 0 Å². The molecule has 17 heavy (non-hydrogen) atoms. The van der Waals surface area contributed by atoms with E-state index in [1.54, 1.807) is 30.3 Å². The van der Waals surface area contributed by atoms with E-state index in [2.05, 4.69) is 0 Å². The minimum absolute atomic E-state index is 0.284. The Morgan fingerprint density at radius 3 is 2.47 bits per heavy atom. The first-order valence-corrected chi connectivity index (χ1v) is 5.48. The number of rotatable bonds is 4. The highest BCUT2D eigenvalue weighted by Gasteiger charge is 2.21. The van der Waals surface area contributed by atoms with Gasteiger partial charge in [0.2, 0.25) is 0 Å². The molecule has 0 unspecified atom stereocenters. The number of amides is 3. The Labute approximate surface area is 100 Å². The molecule has 1 rings (SSSR count). The number of nitrogens with zero attached hydrogens (tertiary/aromatic N) is 1. The maximum atomic E-state index is 11.7. The number of primary amides is 1. The molecule has 5 nitrogen and oxygen atoms in total. The van der Waals surface area contributed by atoms with Crippen LogP contribution in [0.25, 0.3) is 0 Å². The molecule has 0 atom stereocenters. The van der Waals surface area contributed by atoms with Crippen molar-refractivity contribution in [2.45, 2.75) is 19.8 Å². The number of imide groups is 1. The zero-order valence-electron chi connectivity index (χ0n) is 9.76. The summed E-state index contributed by atoms with van der Waals surface area (Å²) in [6.07, 6.45) is 0.930. The number of para-hydroxylation sites is 1. The number of anilines is 1. The van der Waals surface area contributed by atoms with Gasteiger partial charge >= 0.3 is 12.1 Å². The third-order valence-electron chi connectivity index (χ3n) is 2.14. The molecule has 92 valence electrons. The summed E-state index contributed by atoms with van der Waals surface area (Å²) in [6, 6.07) is 7.59. The quantitative estimate of drug-likeness (QED) is 0.816. The normalized spacial score (nSPS) is 9.71. The van der Waals surface area contributed by atoms with Gasteiger partial charge in [0.05, 0.1) is 12.3 Å². The molecule has 1 aromatic carbocycles. The van der Waals surface area contributed by atoms with Crippen molar-refractivity contribution in [2.75, 3.05) is 11.5 Å². The first kappa shape index (κ1) is 13.0. The lowest BCUT2D eigenvalue weighted by Crippen LogP contribution is -2.41. The van der Waals surface area contributed by atoms with Crippen LogP contribution in [-0.4, -0.2) is 18.7 Å². The molecule has 0 aliphatic carbocycles. The summed E-state index contributed by atoms with van der Waals surface area (Å²) in [6.45, 7) is 2.27. The number of unbranched alkanes of at least 4 members (excludes halogenated alkanes) is 1. The van der Waals surface area contributed by atoms with Crippen LogP contribution in [0, 0.1) is 0 Å². The Morgan fingerprint density at radius 2 is 1.94 bits per heavy atom. The Morgan fingerprint density at radius 1 is 1.29 bits per heavy atom. The number of urea groups is 1. The molecule has 0 saturated heterocycles. The lowest BCUT2D eigenvalue weighted by molar-refractivity contribution is 0.153. The van der Waals surface area contributed by atoms with Crippen LogP contribution >= 0.6 is 0 Å². The molecular weight excluding hydrogens is 220 g/mol. The SMILES string of the molecule is CCCCOC(=O)N(C(N)=O)c1ccccc1.